The van der Waals surface area contributed by atoms with Crippen LogP contribution >= 0.6 is 0 Å². The van der Waals surface area contributed by atoms with Crippen molar-refractivity contribution in [2.45, 2.75) is 13.8 Å². The Hall–Kier alpha value is -2.10. The summed E-state index contributed by atoms with van der Waals surface area (Å²) in [6.07, 6.45) is 0.624. The SMILES string of the molecule is Cc1cc(O)c2c(C)cc(=O)oc2c1C=O. The minimum atomic E-state index is -0.530. The van der Waals surface area contributed by atoms with E-state index in [4.69, 9.17) is 4.42 Å². The van der Waals surface area contributed by atoms with Crippen molar-refractivity contribution in [2.24, 2.45) is 0 Å². The summed E-state index contributed by atoms with van der Waals surface area (Å²) in [4.78, 5) is 22.2. The van der Waals surface area contributed by atoms with Gasteiger partial charge in [0.1, 0.15) is 5.75 Å². The highest BCUT2D eigenvalue weighted by molar-refractivity contribution is 6.00. The maximum absolute atomic E-state index is 11.2. The van der Waals surface area contributed by atoms with Crippen molar-refractivity contribution in [3.8, 4) is 5.75 Å². The van der Waals surface area contributed by atoms with Crippen LogP contribution in [0, 0.1) is 13.8 Å². The van der Waals surface area contributed by atoms with Gasteiger partial charge >= 0.3 is 5.63 Å². The van der Waals surface area contributed by atoms with Crippen molar-refractivity contribution < 1.29 is 14.3 Å². The molecule has 4 nitrogen and oxygen atoms in total. The molecule has 0 atom stereocenters. The lowest BCUT2D eigenvalue weighted by Crippen LogP contribution is -2.01. The summed E-state index contributed by atoms with van der Waals surface area (Å²) in [5.74, 6) is 0.0133. The predicted molar refractivity (Wildman–Crippen MR) is 59.0 cm³/mol. The maximum Gasteiger partial charge on any atom is 0.336 e. The van der Waals surface area contributed by atoms with Crippen LogP contribution < -0.4 is 5.63 Å². The number of aldehydes is 1. The number of carbonyl (C=O) groups excluding carboxylic acids is 1. The number of aromatic hydroxyl groups is 1. The molecule has 16 heavy (non-hydrogen) atoms. The van der Waals surface area contributed by atoms with Gasteiger partial charge in [0.05, 0.1) is 10.9 Å². The van der Waals surface area contributed by atoms with Crippen LogP contribution in [-0.4, -0.2) is 11.4 Å². The van der Waals surface area contributed by atoms with E-state index < -0.39 is 5.63 Å². The Morgan fingerprint density at radius 2 is 1.94 bits per heavy atom. The van der Waals surface area contributed by atoms with Gasteiger partial charge in [-0.2, -0.15) is 0 Å². The number of phenols is 1. The summed E-state index contributed by atoms with van der Waals surface area (Å²) in [6, 6.07) is 2.77. The fraction of sp³-hybridized carbons (Fsp3) is 0.167. The second-order valence-corrected chi connectivity index (χ2v) is 3.70. The van der Waals surface area contributed by atoms with Crippen LogP contribution in [0.15, 0.2) is 21.3 Å². The highest BCUT2D eigenvalue weighted by Crippen LogP contribution is 2.30. The molecule has 0 saturated carbocycles. The number of fused-ring (bicyclic) bond motifs is 1. The van der Waals surface area contributed by atoms with Gasteiger partial charge in [0.15, 0.2) is 11.9 Å². The number of rotatable bonds is 1. The molecular formula is C12H10O4. The van der Waals surface area contributed by atoms with Gasteiger partial charge < -0.3 is 9.52 Å². The standard InChI is InChI=1S/C12H10O4/c1-6-3-9(14)11-7(2)4-10(15)16-12(11)8(6)5-13/h3-5,14H,1-2H3. The molecule has 1 aromatic heterocycles. The molecule has 0 fully saturated rings. The summed E-state index contributed by atoms with van der Waals surface area (Å²) < 4.78 is 4.98. The predicted octanol–water partition coefficient (Wildman–Crippen LogP) is 1.93. The molecule has 0 radical (unpaired) electrons. The van der Waals surface area contributed by atoms with Gasteiger partial charge in [-0.05, 0) is 31.0 Å². The lowest BCUT2D eigenvalue weighted by molar-refractivity contribution is 0.112. The lowest BCUT2D eigenvalue weighted by Gasteiger charge is -2.07. The third kappa shape index (κ3) is 1.39. The fourth-order valence-electron chi connectivity index (χ4n) is 1.80. The molecular weight excluding hydrogens is 208 g/mol. The molecule has 1 heterocycles. The molecule has 0 bridgehead atoms. The van der Waals surface area contributed by atoms with E-state index >= 15 is 0 Å². The quantitative estimate of drug-likeness (QED) is 0.586. The van der Waals surface area contributed by atoms with E-state index in [1.54, 1.807) is 13.8 Å². The molecule has 0 amide bonds. The minimum absolute atomic E-state index is 0.0133. The van der Waals surface area contributed by atoms with Crippen molar-refractivity contribution in [3.63, 3.8) is 0 Å². The Bertz CT molecular complexity index is 637. The zero-order valence-corrected chi connectivity index (χ0v) is 8.90. The van der Waals surface area contributed by atoms with Crippen molar-refractivity contribution >= 4 is 17.3 Å². The summed E-state index contributed by atoms with van der Waals surface area (Å²) in [5, 5.41) is 10.2. The molecule has 0 saturated heterocycles. The van der Waals surface area contributed by atoms with Crippen LogP contribution in [-0.2, 0) is 0 Å². The highest BCUT2D eigenvalue weighted by Gasteiger charge is 2.13. The second kappa shape index (κ2) is 3.48. The fourth-order valence-corrected chi connectivity index (χ4v) is 1.80. The van der Waals surface area contributed by atoms with Gasteiger partial charge in [0, 0.05) is 6.07 Å². The van der Waals surface area contributed by atoms with E-state index in [2.05, 4.69) is 0 Å². The van der Waals surface area contributed by atoms with E-state index in [1.807, 2.05) is 0 Å². The van der Waals surface area contributed by atoms with E-state index in [9.17, 15) is 14.7 Å². The number of hydrogen-bond donors (Lipinski definition) is 1. The Kier molecular flexibility index (Phi) is 2.27. The van der Waals surface area contributed by atoms with E-state index in [-0.39, 0.29) is 11.3 Å². The Morgan fingerprint density at radius 3 is 2.56 bits per heavy atom. The first kappa shape index (κ1) is 10.4. The van der Waals surface area contributed by atoms with Crippen LogP contribution in [0.5, 0.6) is 5.75 Å². The van der Waals surface area contributed by atoms with Crippen LogP contribution in [0.25, 0.3) is 11.0 Å². The van der Waals surface area contributed by atoms with Crippen molar-refractivity contribution in [1.29, 1.82) is 0 Å². The molecule has 0 spiro atoms. The minimum Gasteiger partial charge on any atom is -0.507 e. The van der Waals surface area contributed by atoms with E-state index in [1.165, 1.54) is 12.1 Å². The van der Waals surface area contributed by atoms with Gasteiger partial charge in [0.25, 0.3) is 0 Å². The van der Waals surface area contributed by atoms with Gasteiger partial charge in [-0.1, -0.05) is 0 Å². The Balaban J connectivity index is 3.11. The first-order valence-electron chi connectivity index (χ1n) is 4.77. The zero-order chi connectivity index (χ0) is 11.9. The van der Waals surface area contributed by atoms with Gasteiger partial charge in [0.2, 0.25) is 0 Å². The number of carbonyl (C=O) groups is 1. The first-order chi connectivity index (χ1) is 7.54. The van der Waals surface area contributed by atoms with Crippen LogP contribution in [0.1, 0.15) is 21.5 Å². The normalized spacial score (nSPS) is 10.6. The van der Waals surface area contributed by atoms with Gasteiger partial charge in [-0.15, -0.1) is 0 Å². The van der Waals surface area contributed by atoms with Gasteiger partial charge in [-0.3, -0.25) is 4.79 Å². The van der Waals surface area contributed by atoms with Crippen molar-refractivity contribution in [1.82, 2.24) is 0 Å². The van der Waals surface area contributed by atoms with Crippen LogP contribution in [0.3, 0.4) is 0 Å². The van der Waals surface area contributed by atoms with Gasteiger partial charge in [-0.25, -0.2) is 4.79 Å². The Labute approximate surface area is 91.1 Å². The van der Waals surface area contributed by atoms with Crippen LogP contribution in [0.4, 0.5) is 0 Å². The molecule has 0 aliphatic carbocycles. The summed E-state index contributed by atoms with van der Waals surface area (Å²) in [6.45, 7) is 3.36. The molecule has 2 aromatic rings. The molecule has 4 heteroatoms. The topological polar surface area (TPSA) is 67.5 Å². The highest BCUT2D eigenvalue weighted by atomic mass is 16.4. The third-order valence-corrected chi connectivity index (χ3v) is 2.56. The molecule has 1 aromatic carbocycles. The van der Waals surface area contributed by atoms with E-state index in [0.717, 1.165) is 0 Å². The number of benzene rings is 1. The average Bonchev–Trinajstić information content (AvgIpc) is 2.15. The molecule has 0 unspecified atom stereocenters. The lowest BCUT2D eigenvalue weighted by atomic mass is 10.0. The van der Waals surface area contributed by atoms with Crippen molar-refractivity contribution in [2.75, 3.05) is 0 Å². The molecule has 0 aliphatic heterocycles. The summed E-state index contributed by atoms with van der Waals surface area (Å²) >= 11 is 0. The molecule has 0 aliphatic rings. The monoisotopic (exact) mass is 218 g/mol. The Morgan fingerprint density at radius 1 is 1.25 bits per heavy atom. The average molecular weight is 218 g/mol. The maximum atomic E-state index is 11.2. The largest absolute Gasteiger partial charge is 0.507 e. The van der Waals surface area contributed by atoms with E-state index in [0.29, 0.717) is 28.4 Å². The van der Waals surface area contributed by atoms with Crippen LogP contribution in [0.2, 0.25) is 0 Å². The number of phenolic OH excluding ortho intramolecular Hbond substituents is 1. The number of aryl methyl sites for hydroxylation is 2. The zero-order valence-electron chi connectivity index (χ0n) is 8.90. The molecule has 2 rings (SSSR count). The number of hydrogen-bond acceptors (Lipinski definition) is 4. The summed E-state index contributed by atoms with van der Waals surface area (Å²) in [5.41, 5.74) is 1.09. The second-order valence-electron chi connectivity index (χ2n) is 3.70. The third-order valence-electron chi connectivity index (χ3n) is 2.56. The first-order valence-corrected chi connectivity index (χ1v) is 4.77. The van der Waals surface area contributed by atoms with Crippen molar-refractivity contribution in [3.05, 3.63) is 39.2 Å². The molecule has 1 N–H and O–H groups in total. The summed E-state index contributed by atoms with van der Waals surface area (Å²) in [7, 11) is 0. The smallest absolute Gasteiger partial charge is 0.336 e. The molecule has 82 valence electrons.